The van der Waals surface area contributed by atoms with Gasteiger partial charge in [-0.3, -0.25) is 0 Å². The molecule has 0 bridgehead atoms. The number of benzene rings is 2. The largest absolute Gasteiger partial charge is 0.399 e. The molecule has 3 aromatic rings. The minimum atomic E-state index is 0.481. The van der Waals surface area contributed by atoms with Gasteiger partial charge in [-0.1, -0.05) is 33.2 Å². The molecule has 1 aromatic heterocycles. The average Bonchev–Trinajstić information content (AvgIpc) is 2.89. The molecule has 0 saturated heterocycles. The number of nitrogens with two attached hydrogens (primary N) is 1. The van der Waals surface area contributed by atoms with Crippen LogP contribution in [-0.4, -0.2) is 10.1 Å². The summed E-state index contributed by atoms with van der Waals surface area (Å²) in [6, 6.07) is 15.1. The van der Waals surface area contributed by atoms with Gasteiger partial charge in [0.25, 0.3) is 5.89 Å². The van der Waals surface area contributed by atoms with Gasteiger partial charge in [0.15, 0.2) is 0 Å². The number of aromatic nitrogens is 2. The smallest absolute Gasteiger partial charge is 0.258 e. The SMILES string of the molecule is Nc1ccc(-c2nc(-c3cccc(Br)c3)no2)cc1. The van der Waals surface area contributed by atoms with Crippen molar-refractivity contribution >= 4 is 21.6 Å². The Bertz CT molecular complexity index is 707. The van der Waals surface area contributed by atoms with E-state index in [0.717, 1.165) is 15.6 Å². The van der Waals surface area contributed by atoms with E-state index in [1.165, 1.54) is 0 Å². The van der Waals surface area contributed by atoms with E-state index in [9.17, 15) is 0 Å². The zero-order valence-electron chi connectivity index (χ0n) is 9.88. The van der Waals surface area contributed by atoms with Crippen LogP contribution in [0.1, 0.15) is 0 Å². The molecule has 0 radical (unpaired) electrons. The quantitative estimate of drug-likeness (QED) is 0.731. The van der Waals surface area contributed by atoms with Crippen LogP contribution in [0.25, 0.3) is 22.8 Å². The molecule has 0 aliphatic heterocycles. The Labute approximate surface area is 118 Å². The van der Waals surface area contributed by atoms with E-state index in [0.29, 0.717) is 17.4 Å². The van der Waals surface area contributed by atoms with Crippen molar-refractivity contribution in [2.24, 2.45) is 0 Å². The summed E-state index contributed by atoms with van der Waals surface area (Å²) in [6.45, 7) is 0. The monoisotopic (exact) mass is 315 g/mol. The van der Waals surface area contributed by atoms with Gasteiger partial charge in [0.2, 0.25) is 5.82 Å². The van der Waals surface area contributed by atoms with Crippen molar-refractivity contribution in [3.05, 3.63) is 53.0 Å². The Kier molecular flexibility index (Phi) is 3.05. The number of rotatable bonds is 2. The predicted octanol–water partition coefficient (Wildman–Crippen LogP) is 3.75. The van der Waals surface area contributed by atoms with Gasteiger partial charge in [-0.25, -0.2) is 0 Å². The van der Waals surface area contributed by atoms with Crippen LogP contribution in [0.3, 0.4) is 0 Å². The molecule has 0 spiro atoms. The number of nitrogen functional groups attached to an aromatic ring is 1. The number of anilines is 1. The van der Waals surface area contributed by atoms with Gasteiger partial charge < -0.3 is 10.3 Å². The lowest BCUT2D eigenvalue weighted by molar-refractivity contribution is 0.432. The zero-order chi connectivity index (χ0) is 13.2. The second kappa shape index (κ2) is 4.85. The van der Waals surface area contributed by atoms with E-state index < -0.39 is 0 Å². The van der Waals surface area contributed by atoms with Crippen LogP contribution in [-0.2, 0) is 0 Å². The number of nitrogens with zero attached hydrogens (tertiary/aromatic N) is 2. The molecule has 0 amide bonds. The molecule has 2 aromatic carbocycles. The van der Waals surface area contributed by atoms with Crippen molar-refractivity contribution in [2.75, 3.05) is 5.73 Å². The third-order valence-electron chi connectivity index (χ3n) is 2.67. The fourth-order valence-electron chi connectivity index (χ4n) is 1.71. The Morgan fingerprint density at radius 1 is 1.00 bits per heavy atom. The highest BCUT2D eigenvalue weighted by molar-refractivity contribution is 9.10. The van der Waals surface area contributed by atoms with Crippen LogP contribution < -0.4 is 5.73 Å². The second-order valence-electron chi connectivity index (χ2n) is 4.06. The molecule has 94 valence electrons. The van der Waals surface area contributed by atoms with Crippen molar-refractivity contribution in [3.8, 4) is 22.8 Å². The second-order valence-corrected chi connectivity index (χ2v) is 4.97. The molecule has 1 heterocycles. The number of hydrogen-bond donors (Lipinski definition) is 1. The van der Waals surface area contributed by atoms with Crippen LogP contribution in [0, 0.1) is 0 Å². The molecule has 4 nitrogen and oxygen atoms in total. The van der Waals surface area contributed by atoms with E-state index in [-0.39, 0.29) is 0 Å². The first kappa shape index (κ1) is 11.9. The van der Waals surface area contributed by atoms with Crippen molar-refractivity contribution < 1.29 is 4.52 Å². The number of halogens is 1. The van der Waals surface area contributed by atoms with E-state index in [1.807, 2.05) is 36.4 Å². The van der Waals surface area contributed by atoms with E-state index in [2.05, 4.69) is 26.1 Å². The normalized spacial score (nSPS) is 10.6. The van der Waals surface area contributed by atoms with Gasteiger partial charge in [0.1, 0.15) is 0 Å². The van der Waals surface area contributed by atoms with Crippen molar-refractivity contribution in [1.82, 2.24) is 10.1 Å². The zero-order valence-corrected chi connectivity index (χ0v) is 11.5. The lowest BCUT2D eigenvalue weighted by Gasteiger charge is -1.95. The van der Waals surface area contributed by atoms with Crippen molar-refractivity contribution in [1.29, 1.82) is 0 Å². The summed E-state index contributed by atoms with van der Waals surface area (Å²) >= 11 is 3.42. The molecule has 5 heteroatoms. The fraction of sp³-hybridized carbons (Fsp3) is 0. The summed E-state index contributed by atoms with van der Waals surface area (Å²) in [7, 11) is 0. The topological polar surface area (TPSA) is 64.9 Å². The first-order valence-electron chi connectivity index (χ1n) is 5.68. The first-order chi connectivity index (χ1) is 9.22. The molecular weight excluding hydrogens is 306 g/mol. The molecule has 3 rings (SSSR count). The minimum absolute atomic E-state index is 0.481. The Balaban J connectivity index is 1.97. The molecule has 19 heavy (non-hydrogen) atoms. The first-order valence-corrected chi connectivity index (χ1v) is 6.47. The maximum Gasteiger partial charge on any atom is 0.258 e. The molecule has 0 atom stereocenters. The molecular formula is C14H10BrN3O. The summed E-state index contributed by atoms with van der Waals surface area (Å²) in [5.41, 5.74) is 8.10. The fourth-order valence-corrected chi connectivity index (χ4v) is 2.11. The van der Waals surface area contributed by atoms with E-state index in [1.54, 1.807) is 12.1 Å². The summed E-state index contributed by atoms with van der Waals surface area (Å²) in [4.78, 5) is 4.38. The van der Waals surface area contributed by atoms with E-state index in [4.69, 9.17) is 10.3 Å². The molecule has 0 unspecified atom stereocenters. The maximum atomic E-state index is 5.65. The summed E-state index contributed by atoms with van der Waals surface area (Å²) in [6.07, 6.45) is 0. The summed E-state index contributed by atoms with van der Waals surface area (Å²) < 4.78 is 6.24. The van der Waals surface area contributed by atoms with Crippen LogP contribution in [0.4, 0.5) is 5.69 Å². The van der Waals surface area contributed by atoms with Crippen molar-refractivity contribution in [2.45, 2.75) is 0 Å². The average molecular weight is 316 g/mol. The van der Waals surface area contributed by atoms with Crippen LogP contribution in [0.5, 0.6) is 0 Å². The summed E-state index contributed by atoms with van der Waals surface area (Å²) in [5.74, 6) is 1.04. The third kappa shape index (κ3) is 2.51. The van der Waals surface area contributed by atoms with Crippen LogP contribution in [0.15, 0.2) is 57.5 Å². The number of hydrogen-bond acceptors (Lipinski definition) is 4. The third-order valence-corrected chi connectivity index (χ3v) is 3.16. The van der Waals surface area contributed by atoms with Crippen LogP contribution in [0.2, 0.25) is 0 Å². The Hall–Kier alpha value is -2.14. The molecule has 0 saturated carbocycles. The van der Waals surface area contributed by atoms with Crippen LogP contribution >= 0.6 is 15.9 Å². The maximum absolute atomic E-state index is 5.65. The highest BCUT2D eigenvalue weighted by Crippen LogP contribution is 2.24. The molecule has 2 N–H and O–H groups in total. The predicted molar refractivity (Wildman–Crippen MR) is 77.3 cm³/mol. The van der Waals surface area contributed by atoms with Gasteiger partial charge in [-0.15, -0.1) is 0 Å². The Morgan fingerprint density at radius 3 is 2.53 bits per heavy atom. The highest BCUT2D eigenvalue weighted by Gasteiger charge is 2.10. The van der Waals surface area contributed by atoms with Gasteiger partial charge in [0.05, 0.1) is 0 Å². The molecule has 0 fully saturated rings. The minimum Gasteiger partial charge on any atom is -0.399 e. The van der Waals surface area contributed by atoms with Crippen molar-refractivity contribution in [3.63, 3.8) is 0 Å². The lowest BCUT2D eigenvalue weighted by atomic mass is 10.2. The molecule has 0 aliphatic carbocycles. The Morgan fingerprint density at radius 2 is 1.79 bits per heavy atom. The van der Waals surface area contributed by atoms with Gasteiger partial charge in [0, 0.05) is 21.3 Å². The van der Waals surface area contributed by atoms with Gasteiger partial charge in [-0.05, 0) is 36.4 Å². The van der Waals surface area contributed by atoms with Gasteiger partial charge >= 0.3 is 0 Å². The standard InChI is InChI=1S/C14H10BrN3O/c15-11-3-1-2-10(8-11)13-17-14(19-18-13)9-4-6-12(16)7-5-9/h1-8H,16H2. The highest BCUT2D eigenvalue weighted by atomic mass is 79.9. The lowest BCUT2D eigenvalue weighted by Crippen LogP contribution is -1.84. The van der Waals surface area contributed by atoms with Gasteiger partial charge in [-0.2, -0.15) is 4.98 Å². The molecule has 0 aliphatic rings. The van der Waals surface area contributed by atoms with E-state index >= 15 is 0 Å². The summed E-state index contributed by atoms with van der Waals surface area (Å²) in [5, 5.41) is 3.99.